The fourth-order valence-corrected chi connectivity index (χ4v) is 2.60. The molecular formula is C16H17FN4O3. The number of nitrogens with zero attached hydrogens (tertiary/aromatic N) is 4. The van der Waals surface area contributed by atoms with Crippen molar-refractivity contribution in [2.45, 2.75) is 25.8 Å². The van der Waals surface area contributed by atoms with Gasteiger partial charge in [-0.1, -0.05) is 5.16 Å². The Bertz CT molecular complexity index is 759. The van der Waals surface area contributed by atoms with Gasteiger partial charge in [-0.05, 0) is 31.2 Å². The van der Waals surface area contributed by atoms with Gasteiger partial charge < -0.3 is 14.3 Å². The van der Waals surface area contributed by atoms with Gasteiger partial charge in [-0.25, -0.2) is 4.39 Å². The lowest BCUT2D eigenvalue weighted by molar-refractivity contribution is -0.134. The maximum absolute atomic E-state index is 12.9. The number of hydrogen-bond acceptors (Lipinski definition) is 5. The van der Waals surface area contributed by atoms with Crippen molar-refractivity contribution in [2.75, 3.05) is 13.7 Å². The van der Waals surface area contributed by atoms with Gasteiger partial charge in [0.25, 0.3) is 0 Å². The summed E-state index contributed by atoms with van der Waals surface area (Å²) in [5.74, 6) is 0.130. The van der Waals surface area contributed by atoms with Crippen LogP contribution in [-0.2, 0) is 16.0 Å². The highest BCUT2D eigenvalue weighted by Crippen LogP contribution is 2.18. The summed E-state index contributed by atoms with van der Waals surface area (Å²) in [7, 11) is 1.67. The smallest absolute Gasteiger partial charge is 0.246 e. The third-order valence-corrected chi connectivity index (χ3v) is 4.01. The van der Waals surface area contributed by atoms with Crippen molar-refractivity contribution in [3.05, 3.63) is 36.0 Å². The van der Waals surface area contributed by atoms with Crippen LogP contribution in [0, 0.1) is 5.82 Å². The molecule has 0 spiro atoms. The minimum absolute atomic E-state index is 0.0697. The van der Waals surface area contributed by atoms with Crippen molar-refractivity contribution in [3.63, 3.8) is 0 Å². The summed E-state index contributed by atoms with van der Waals surface area (Å²) in [5, 5.41) is 3.83. The van der Waals surface area contributed by atoms with Crippen molar-refractivity contribution in [1.82, 2.24) is 19.9 Å². The summed E-state index contributed by atoms with van der Waals surface area (Å²) < 4.78 is 18.0. The zero-order valence-corrected chi connectivity index (χ0v) is 13.4. The van der Waals surface area contributed by atoms with Crippen LogP contribution >= 0.6 is 0 Å². The molecule has 1 aromatic carbocycles. The monoisotopic (exact) mass is 332 g/mol. The van der Waals surface area contributed by atoms with E-state index in [1.807, 2.05) is 0 Å². The first-order valence-electron chi connectivity index (χ1n) is 7.58. The average molecular weight is 332 g/mol. The molecule has 1 saturated heterocycles. The van der Waals surface area contributed by atoms with Crippen LogP contribution in [0.25, 0.3) is 11.4 Å². The Balaban J connectivity index is 1.60. The molecule has 2 amide bonds. The minimum atomic E-state index is -0.444. The standard InChI is InChI=1S/C16H17FN4O3/c1-10-16(23)20(2)9-21(10)14(22)8-7-13-18-15(19-24-13)11-3-5-12(17)6-4-11/h3-6,10H,7-9H2,1-2H3. The van der Waals surface area contributed by atoms with Gasteiger partial charge in [-0.15, -0.1) is 0 Å². The lowest BCUT2D eigenvalue weighted by atomic mass is 10.2. The number of carbonyl (C=O) groups excluding carboxylic acids is 2. The summed E-state index contributed by atoms with van der Waals surface area (Å²) in [6.07, 6.45) is 0.463. The number of aromatic nitrogens is 2. The average Bonchev–Trinajstić information content (AvgIpc) is 3.14. The van der Waals surface area contributed by atoms with Crippen molar-refractivity contribution in [2.24, 2.45) is 0 Å². The van der Waals surface area contributed by atoms with Gasteiger partial charge in [-0.2, -0.15) is 4.98 Å². The van der Waals surface area contributed by atoms with Crippen molar-refractivity contribution >= 4 is 11.8 Å². The molecule has 1 unspecified atom stereocenters. The van der Waals surface area contributed by atoms with Crippen LogP contribution in [0.15, 0.2) is 28.8 Å². The fraction of sp³-hybridized carbons (Fsp3) is 0.375. The van der Waals surface area contributed by atoms with Crippen LogP contribution < -0.4 is 0 Å². The molecule has 7 nitrogen and oxygen atoms in total. The quantitative estimate of drug-likeness (QED) is 0.847. The molecule has 0 aliphatic carbocycles. The number of hydrogen-bond donors (Lipinski definition) is 0. The number of carbonyl (C=O) groups is 2. The molecule has 1 aliphatic heterocycles. The Hall–Kier alpha value is -2.77. The van der Waals surface area contributed by atoms with Gasteiger partial charge in [0.05, 0.1) is 6.67 Å². The fourth-order valence-electron chi connectivity index (χ4n) is 2.60. The first-order valence-corrected chi connectivity index (χ1v) is 7.58. The maximum atomic E-state index is 12.9. The molecular weight excluding hydrogens is 315 g/mol. The molecule has 126 valence electrons. The second kappa shape index (κ2) is 6.38. The van der Waals surface area contributed by atoms with Crippen LogP contribution in [0.5, 0.6) is 0 Å². The normalized spacial score (nSPS) is 17.6. The van der Waals surface area contributed by atoms with E-state index < -0.39 is 6.04 Å². The second-order valence-corrected chi connectivity index (χ2v) is 5.74. The maximum Gasteiger partial charge on any atom is 0.246 e. The second-order valence-electron chi connectivity index (χ2n) is 5.74. The zero-order chi connectivity index (χ0) is 17.3. The van der Waals surface area contributed by atoms with Gasteiger partial charge in [0.15, 0.2) is 0 Å². The SMILES string of the molecule is CC1C(=O)N(C)CN1C(=O)CCc1nc(-c2ccc(F)cc2)no1. The van der Waals surface area contributed by atoms with Crippen molar-refractivity contribution < 1.29 is 18.5 Å². The molecule has 0 saturated carbocycles. The van der Waals surface area contributed by atoms with E-state index in [0.29, 0.717) is 23.9 Å². The molecule has 0 radical (unpaired) electrons. The van der Waals surface area contributed by atoms with Crippen molar-refractivity contribution in [3.8, 4) is 11.4 Å². The zero-order valence-electron chi connectivity index (χ0n) is 13.4. The number of amides is 2. The molecule has 1 aromatic heterocycles. The molecule has 2 aromatic rings. The first-order chi connectivity index (χ1) is 11.5. The van der Waals surface area contributed by atoms with Crippen LogP contribution in [0.4, 0.5) is 4.39 Å². The molecule has 0 bridgehead atoms. The van der Waals surface area contributed by atoms with E-state index in [1.165, 1.54) is 21.9 Å². The molecule has 1 fully saturated rings. The van der Waals surface area contributed by atoms with Gasteiger partial charge in [0, 0.05) is 25.5 Å². The summed E-state index contributed by atoms with van der Waals surface area (Å²) >= 11 is 0. The molecule has 1 atom stereocenters. The number of halogens is 1. The minimum Gasteiger partial charge on any atom is -0.339 e. The summed E-state index contributed by atoms with van der Waals surface area (Å²) in [5.41, 5.74) is 0.637. The van der Waals surface area contributed by atoms with Crippen LogP contribution in [-0.4, -0.2) is 51.5 Å². The van der Waals surface area contributed by atoms with Crippen molar-refractivity contribution in [1.29, 1.82) is 0 Å². The van der Waals surface area contributed by atoms with E-state index in [0.717, 1.165) is 0 Å². The van der Waals surface area contributed by atoms with E-state index in [2.05, 4.69) is 10.1 Å². The third kappa shape index (κ3) is 3.12. The van der Waals surface area contributed by atoms with Crippen LogP contribution in [0.3, 0.4) is 0 Å². The first kappa shape index (κ1) is 16.1. The van der Waals surface area contributed by atoms with Crippen LogP contribution in [0.2, 0.25) is 0 Å². The Morgan fingerprint density at radius 1 is 1.38 bits per heavy atom. The summed E-state index contributed by atoms with van der Waals surface area (Å²) in [6, 6.07) is 5.30. The largest absolute Gasteiger partial charge is 0.339 e. The van der Waals surface area contributed by atoms with Gasteiger partial charge >= 0.3 is 0 Å². The highest BCUT2D eigenvalue weighted by molar-refractivity contribution is 5.90. The molecule has 8 heteroatoms. The number of benzene rings is 1. The van der Waals surface area contributed by atoms with E-state index >= 15 is 0 Å². The molecule has 2 heterocycles. The predicted molar refractivity (Wildman–Crippen MR) is 82.0 cm³/mol. The number of likely N-dealkylation sites (N-methyl/N-ethyl adjacent to an activating group) is 1. The Labute approximate surface area is 138 Å². The number of rotatable bonds is 4. The molecule has 3 rings (SSSR count). The van der Waals surface area contributed by atoms with Crippen LogP contribution in [0.1, 0.15) is 19.2 Å². The highest BCUT2D eigenvalue weighted by atomic mass is 19.1. The Morgan fingerprint density at radius 2 is 2.08 bits per heavy atom. The van der Waals surface area contributed by atoms with Gasteiger partial charge in [0.2, 0.25) is 23.5 Å². The van der Waals surface area contributed by atoms with E-state index in [4.69, 9.17) is 4.52 Å². The third-order valence-electron chi connectivity index (χ3n) is 4.01. The molecule has 24 heavy (non-hydrogen) atoms. The lowest BCUT2D eigenvalue weighted by Gasteiger charge is -2.18. The summed E-state index contributed by atoms with van der Waals surface area (Å²) in [6.45, 7) is 2.01. The number of aryl methyl sites for hydroxylation is 1. The predicted octanol–water partition coefficient (Wildman–Crippen LogP) is 1.45. The Morgan fingerprint density at radius 3 is 2.71 bits per heavy atom. The Kier molecular flexibility index (Phi) is 4.28. The summed E-state index contributed by atoms with van der Waals surface area (Å²) in [4.78, 5) is 31.2. The van der Waals surface area contributed by atoms with E-state index in [-0.39, 0.29) is 30.5 Å². The van der Waals surface area contributed by atoms with Gasteiger partial charge in [-0.3, -0.25) is 9.59 Å². The van der Waals surface area contributed by atoms with E-state index in [1.54, 1.807) is 26.1 Å². The van der Waals surface area contributed by atoms with Gasteiger partial charge in [0.1, 0.15) is 11.9 Å². The molecule has 1 aliphatic rings. The lowest BCUT2D eigenvalue weighted by Crippen LogP contribution is -2.36. The topological polar surface area (TPSA) is 79.5 Å². The molecule has 0 N–H and O–H groups in total. The highest BCUT2D eigenvalue weighted by Gasteiger charge is 2.35. The van der Waals surface area contributed by atoms with E-state index in [9.17, 15) is 14.0 Å².